The first-order valence-electron chi connectivity index (χ1n) is 8.76. The first-order valence-corrected chi connectivity index (χ1v) is 8.76. The van der Waals surface area contributed by atoms with Crippen LogP contribution in [-0.4, -0.2) is 19.7 Å². The van der Waals surface area contributed by atoms with E-state index in [2.05, 4.69) is 20.5 Å². The summed E-state index contributed by atoms with van der Waals surface area (Å²) in [6.07, 6.45) is 2.15. The average molecular weight is 413 g/mol. The molecule has 0 aliphatic heterocycles. The zero-order chi connectivity index (χ0) is 21.3. The van der Waals surface area contributed by atoms with Crippen LogP contribution in [0.4, 0.5) is 24.8 Å². The van der Waals surface area contributed by atoms with Crippen LogP contribution in [0.3, 0.4) is 0 Å². The van der Waals surface area contributed by atoms with Gasteiger partial charge in [0.2, 0.25) is 24.0 Å². The van der Waals surface area contributed by atoms with Crippen LogP contribution in [0.15, 0.2) is 58.2 Å². The highest BCUT2D eigenvalue weighted by Crippen LogP contribution is 2.26. The van der Waals surface area contributed by atoms with Crippen LogP contribution in [0.2, 0.25) is 0 Å². The molecule has 0 unspecified atom stereocenters. The van der Waals surface area contributed by atoms with Crippen LogP contribution < -0.4 is 10.9 Å². The number of nitrogens with zero attached hydrogens (tertiary/aromatic N) is 4. The fourth-order valence-electron chi connectivity index (χ4n) is 2.83. The van der Waals surface area contributed by atoms with Gasteiger partial charge in [-0.15, -0.1) is 10.2 Å². The van der Waals surface area contributed by atoms with Crippen molar-refractivity contribution in [3.05, 3.63) is 87.9 Å². The molecule has 0 radical (unpaired) electrons. The standard InChI is InChI=1S/C20H14F3N5O2/c1-11-2-4-13(19-27-24-10-30-19)7-17(11)25-20-26-18(29)16(23)9-28(20)8-12-3-5-14(21)15(22)6-12/h2-7,9-10H,8H2,1H3,(H,25,26,29). The predicted molar refractivity (Wildman–Crippen MR) is 102 cm³/mol. The third kappa shape index (κ3) is 3.93. The summed E-state index contributed by atoms with van der Waals surface area (Å²) in [4.78, 5) is 15.5. The Hall–Kier alpha value is -3.95. The van der Waals surface area contributed by atoms with Gasteiger partial charge in [0, 0.05) is 17.4 Å². The molecule has 0 aliphatic carbocycles. The molecule has 4 rings (SSSR count). The molecule has 2 aromatic carbocycles. The lowest BCUT2D eigenvalue weighted by Gasteiger charge is -2.16. The lowest BCUT2D eigenvalue weighted by atomic mass is 10.1. The van der Waals surface area contributed by atoms with E-state index in [4.69, 9.17) is 4.42 Å². The Morgan fingerprint density at radius 1 is 1.07 bits per heavy atom. The SMILES string of the molecule is Cc1ccc(-c2nnco2)cc1Nc1nc(=O)c(F)cn1Cc1ccc(F)c(F)c1. The second-order valence-electron chi connectivity index (χ2n) is 6.49. The molecule has 10 heteroatoms. The normalized spacial score (nSPS) is 10.9. The number of benzene rings is 2. The van der Waals surface area contributed by atoms with Crippen molar-refractivity contribution in [1.29, 1.82) is 0 Å². The summed E-state index contributed by atoms with van der Waals surface area (Å²) in [5.41, 5.74) is 1.29. The Balaban J connectivity index is 1.72. The third-order valence-electron chi connectivity index (χ3n) is 4.38. The Morgan fingerprint density at radius 2 is 1.90 bits per heavy atom. The van der Waals surface area contributed by atoms with E-state index >= 15 is 0 Å². The second kappa shape index (κ2) is 7.82. The molecule has 0 atom stereocenters. The van der Waals surface area contributed by atoms with Crippen molar-refractivity contribution >= 4 is 11.6 Å². The van der Waals surface area contributed by atoms with Crippen molar-refractivity contribution in [2.75, 3.05) is 5.32 Å². The van der Waals surface area contributed by atoms with Gasteiger partial charge in [0.1, 0.15) is 0 Å². The van der Waals surface area contributed by atoms with Crippen LogP contribution in [0.1, 0.15) is 11.1 Å². The fraction of sp³-hybridized carbons (Fsp3) is 0.100. The maximum Gasteiger partial charge on any atom is 0.310 e. The van der Waals surface area contributed by atoms with Crippen LogP contribution in [-0.2, 0) is 6.54 Å². The maximum absolute atomic E-state index is 13.9. The Kier molecular flexibility index (Phi) is 5.05. The molecule has 0 saturated carbocycles. The van der Waals surface area contributed by atoms with Crippen LogP contribution in [0.5, 0.6) is 0 Å². The van der Waals surface area contributed by atoms with E-state index in [1.807, 2.05) is 6.92 Å². The number of aromatic nitrogens is 4. The highest BCUT2D eigenvalue weighted by molar-refractivity contribution is 5.67. The van der Waals surface area contributed by atoms with Crippen molar-refractivity contribution < 1.29 is 17.6 Å². The summed E-state index contributed by atoms with van der Waals surface area (Å²) in [5, 5.41) is 10.5. The Labute approximate surface area is 167 Å². The van der Waals surface area contributed by atoms with Crippen molar-refractivity contribution in [2.24, 2.45) is 0 Å². The van der Waals surface area contributed by atoms with E-state index in [-0.39, 0.29) is 12.5 Å². The summed E-state index contributed by atoms with van der Waals surface area (Å²) in [6.45, 7) is 1.77. The minimum absolute atomic E-state index is 0.0249. The smallest absolute Gasteiger partial charge is 0.310 e. The van der Waals surface area contributed by atoms with Gasteiger partial charge in [-0.25, -0.2) is 8.78 Å². The highest BCUT2D eigenvalue weighted by atomic mass is 19.2. The monoisotopic (exact) mass is 413 g/mol. The Morgan fingerprint density at radius 3 is 2.63 bits per heavy atom. The first kappa shape index (κ1) is 19.4. The van der Waals surface area contributed by atoms with E-state index in [9.17, 15) is 18.0 Å². The van der Waals surface area contributed by atoms with Gasteiger partial charge in [0.05, 0.1) is 6.54 Å². The third-order valence-corrected chi connectivity index (χ3v) is 4.38. The Bertz CT molecular complexity index is 1270. The summed E-state index contributed by atoms with van der Waals surface area (Å²) >= 11 is 0. The molecule has 0 spiro atoms. The lowest BCUT2D eigenvalue weighted by Crippen LogP contribution is -2.20. The van der Waals surface area contributed by atoms with E-state index in [1.165, 1.54) is 17.0 Å². The molecule has 0 saturated heterocycles. The van der Waals surface area contributed by atoms with Gasteiger partial charge in [0.25, 0.3) is 0 Å². The molecule has 2 aromatic heterocycles. The zero-order valence-corrected chi connectivity index (χ0v) is 15.6. The quantitative estimate of drug-likeness (QED) is 0.536. The molecular weight excluding hydrogens is 399 g/mol. The van der Waals surface area contributed by atoms with Gasteiger partial charge in [0.15, 0.2) is 11.6 Å². The largest absolute Gasteiger partial charge is 0.423 e. The summed E-state index contributed by atoms with van der Waals surface area (Å²) in [6, 6.07) is 8.61. The van der Waals surface area contributed by atoms with Gasteiger partial charge in [-0.1, -0.05) is 12.1 Å². The average Bonchev–Trinajstić information content (AvgIpc) is 3.25. The van der Waals surface area contributed by atoms with Gasteiger partial charge in [-0.2, -0.15) is 9.37 Å². The minimum atomic E-state index is -1.07. The van der Waals surface area contributed by atoms with Crippen molar-refractivity contribution in [3.63, 3.8) is 0 Å². The first-order chi connectivity index (χ1) is 14.4. The summed E-state index contributed by atoms with van der Waals surface area (Å²) < 4.78 is 47.1. The molecule has 152 valence electrons. The van der Waals surface area contributed by atoms with Crippen LogP contribution >= 0.6 is 0 Å². The van der Waals surface area contributed by atoms with E-state index in [0.29, 0.717) is 22.7 Å². The number of nitrogens with one attached hydrogen (secondary N) is 1. The van der Waals surface area contributed by atoms with Gasteiger partial charge >= 0.3 is 5.56 Å². The molecule has 2 heterocycles. The number of aryl methyl sites for hydroxylation is 1. The molecule has 0 fully saturated rings. The van der Waals surface area contributed by atoms with Crippen LogP contribution in [0.25, 0.3) is 11.5 Å². The molecule has 4 aromatic rings. The van der Waals surface area contributed by atoms with Gasteiger partial charge in [-0.05, 0) is 42.3 Å². The predicted octanol–water partition coefficient (Wildman–Crippen LogP) is 3.81. The van der Waals surface area contributed by atoms with Gasteiger partial charge in [-0.3, -0.25) is 4.79 Å². The molecule has 7 nitrogen and oxygen atoms in total. The second-order valence-corrected chi connectivity index (χ2v) is 6.49. The summed E-state index contributed by atoms with van der Waals surface area (Å²) in [7, 11) is 0. The zero-order valence-electron chi connectivity index (χ0n) is 15.6. The molecular formula is C20H14F3N5O2. The number of rotatable bonds is 5. The maximum atomic E-state index is 13.9. The summed E-state index contributed by atoms with van der Waals surface area (Å²) in [5.74, 6) is -2.77. The lowest BCUT2D eigenvalue weighted by molar-refractivity contribution is 0.506. The number of hydrogen-bond acceptors (Lipinski definition) is 6. The number of halogens is 3. The van der Waals surface area contributed by atoms with E-state index < -0.39 is 23.0 Å². The number of hydrogen-bond donors (Lipinski definition) is 1. The van der Waals surface area contributed by atoms with E-state index in [1.54, 1.807) is 18.2 Å². The van der Waals surface area contributed by atoms with Crippen LogP contribution in [0, 0.1) is 24.4 Å². The van der Waals surface area contributed by atoms with Crippen molar-refractivity contribution in [3.8, 4) is 11.5 Å². The molecule has 0 aliphatic rings. The van der Waals surface area contributed by atoms with Crippen molar-refractivity contribution in [2.45, 2.75) is 13.5 Å². The number of anilines is 2. The van der Waals surface area contributed by atoms with E-state index in [0.717, 1.165) is 23.9 Å². The van der Waals surface area contributed by atoms with Crippen molar-refractivity contribution in [1.82, 2.24) is 19.7 Å². The molecule has 1 N–H and O–H groups in total. The molecule has 30 heavy (non-hydrogen) atoms. The topological polar surface area (TPSA) is 85.8 Å². The molecule has 0 bridgehead atoms. The van der Waals surface area contributed by atoms with Gasteiger partial charge < -0.3 is 14.3 Å². The fourth-order valence-corrected chi connectivity index (χ4v) is 2.83. The minimum Gasteiger partial charge on any atom is -0.423 e. The molecule has 0 amide bonds. The highest BCUT2D eigenvalue weighted by Gasteiger charge is 2.13.